The number of carbonyl (C=O) groups excluding carboxylic acids is 2. The molecule has 0 aliphatic heterocycles. The minimum Gasteiger partial charge on any atom is -0.494 e. The summed E-state index contributed by atoms with van der Waals surface area (Å²) in [6.45, 7) is 1.62. The van der Waals surface area contributed by atoms with E-state index in [1.54, 1.807) is 37.1 Å². The molecule has 1 aliphatic carbocycles. The fraction of sp³-hybridized carbons (Fsp3) is 0.200. The number of carbonyl (C=O) groups is 2. The van der Waals surface area contributed by atoms with Gasteiger partial charge in [-0.3, -0.25) is 9.59 Å². The summed E-state index contributed by atoms with van der Waals surface area (Å²) in [4.78, 5) is 25.4. The largest absolute Gasteiger partial charge is 0.494 e. The lowest BCUT2D eigenvalue weighted by molar-refractivity contribution is -0.115. The number of hydrogen-bond donors (Lipinski definition) is 1. The van der Waals surface area contributed by atoms with Gasteiger partial charge in [-0.15, -0.1) is 0 Å². The lowest BCUT2D eigenvalue weighted by atomic mass is 10.0. The monoisotopic (exact) mass is 272 g/mol. The van der Waals surface area contributed by atoms with Crippen molar-refractivity contribution in [2.45, 2.75) is 6.92 Å². The van der Waals surface area contributed by atoms with Crippen molar-refractivity contribution in [1.82, 2.24) is 0 Å². The molecule has 20 heavy (non-hydrogen) atoms. The van der Waals surface area contributed by atoms with Crippen molar-refractivity contribution in [3.8, 4) is 5.75 Å². The number of nitrogens with zero attached hydrogens (tertiary/aromatic N) is 1. The summed E-state index contributed by atoms with van der Waals surface area (Å²) in [6, 6.07) is 5.13. The molecule has 1 aromatic carbocycles. The summed E-state index contributed by atoms with van der Waals surface area (Å²) in [5.74, 6) is 0.171. The second-order valence-electron chi connectivity index (χ2n) is 4.58. The molecular formula is C15H16N2O3. The van der Waals surface area contributed by atoms with Crippen molar-refractivity contribution in [3.63, 3.8) is 0 Å². The number of rotatable bonds is 3. The van der Waals surface area contributed by atoms with Gasteiger partial charge in [-0.2, -0.15) is 0 Å². The molecule has 0 saturated carbocycles. The quantitative estimate of drug-likeness (QED) is 0.669. The van der Waals surface area contributed by atoms with Gasteiger partial charge in [0.05, 0.1) is 18.5 Å². The number of hydrogen-bond acceptors (Lipinski definition) is 5. The molecule has 0 saturated heterocycles. The van der Waals surface area contributed by atoms with E-state index < -0.39 is 0 Å². The van der Waals surface area contributed by atoms with Gasteiger partial charge in [0.15, 0.2) is 5.78 Å². The molecule has 1 aliphatic rings. The molecule has 5 heteroatoms. The Labute approximate surface area is 117 Å². The summed E-state index contributed by atoms with van der Waals surface area (Å²) in [5, 5.41) is 0. The van der Waals surface area contributed by atoms with E-state index >= 15 is 0 Å². The first kappa shape index (κ1) is 13.9. The normalized spacial score (nSPS) is 14.8. The highest BCUT2D eigenvalue weighted by atomic mass is 16.5. The Morgan fingerprint density at radius 1 is 1.15 bits per heavy atom. The first-order chi connectivity index (χ1) is 9.43. The molecule has 0 unspecified atom stereocenters. The highest BCUT2D eigenvalue weighted by Crippen LogP contribution is 2.32. The lowest BCUT2D eigenvalue weighted by Gasteiger charge is -2.24. The zero-order valence-corrected chi connectivity index (χ0v) is 11.6. The van der Waals surface area contributed by atoms with Crippen molar-refractivity contribution in [2.75, 3.05) is 24.8 Å². The number of nitrogens with two attached hydrogens (primary N) is 1. The van der Waals surface area contributed by atoms with Crippen molar-refractivity contribution >= 4 is 22.9 Å². The van der Waals surface area contributed by atoms with Gasteiger partial charge in [-0.05, 0) is 25.1 Å². The maximum absolute atomic E-state index is 12.0. The second-order valence-corrected chi connectivity index (χ2v) is 4.58. The van der Waals surface area contributed by atoms with Gasteiger partial charge in [0, 0.05) is 30.5 Å². The Balaban J connectivity index is 2.42. The first-order valence-corrected chi connectivity index (χ1v) is 6.10. The summed E-state index contributed by atoms with van der Waals surface area (Å²) in [5.41, 5.74) is 7.69. The number of ketones is 2. The molecule has 2 rings (SSSR count). The number of likely N-dealkylation sites (N-methyl/N-ethyl adjacent to an activating group) is 1. The Kier molecular flexibility index (Phi) is 3.61. The fourth-order valence-electron chi connectivity index (χ4n) is 2.01. The van der Waals surface area contributed by atoms with Crippen LogP contribution in [0.4, 0.5) is 11.4 Å². The van der Waals surface area contributed by atoms with Crippen LogP contribution in [0.2, 0.25) is 0 Å². The van der Waals surface area contributed by atoms with E-state index in [-0.39, 0.29) is 11.6 Å². The minimum atomic E-state index is -0.205. The van der Waals surface area contributed by atoms with E-state index in [4.69, 9.17) is 10.5 Å². The van der Waals surface area contributed by atoms with Crippen molar-refractivity contribution in [3.05, 3.63) is 41.6 Å². The van der Waals surface area contributed by atoms with Crippen LogP contribution in [0.1, 0.15) is 6.92 Å². The standard InChI is InChI=1S/C15H16N2O3/c1-9-6-14(19)12(8-13(9)18)17(2)11-5-4-10(16)7-15(11)20-3/h4-8H,16H2,1-3H3. The van der Waals surface area contributed by atoms with Gasteiger partial charge in [-0.1, -0.05) is 0 Å². The molecule has 0 radical (unpaired) electrons. The van der Waals surface area contributed by atoms with Gasteiger partial charge in [-0.25, -0.2) is 0 Å². The molecule has 0 heterocycles. The third kappa shape index (κ3) is 2.42. The van der Waals surface area contributed by atoms with Crippen molar-refractivity contribution in [2.24, 2.45) is 0 Å². The highest BCUT2D eigenvalue weighted by molar-refractivity contribution is 6.21. The number of methoxy groups -OCH3 is 1. The third-order valence-electron chi connectivity index (χ3n) is 3.18. The van der Waals surface area contributed by atoms with Gasteiger partial charge in [0.2, 0.25) is 5.78 Å². The number of anilines is 2. The average Bonchev–Trinajstić information content (AvgIpc) is 2.42. The molecule has 0 fully saturated rings. The second kappa shape index (κ2) is 5.21. The van der Waals surface area contributed by atoms with E-state index in [0.29, 0.717) is 28.4 Å². The van der Waals surface area contributed by atoms with Crippen LogP contribution in [0.5, 0.6) is 5.75 Å². The molecule has 1 aromatic rings. The molecular weight excluding hydrogens is 256 g/mol. The van der Waals surface area contributed by atoms with Gasteiger partial charge < -0.3 is 15.4 Å². The van der Waals surface area contributed by atoms with Gasteiger partial charge >= 0.3 is 0 Å². The van der Waals surface area contributed by atoms with Gasteiger partial charge in [0.25, 0.3) is 0 Å². The minimum absolute atomic E-state index is 0.166. The third-order valence-corrected chi connectivity index (χ3v) is 3.18. The zero-order chi connectivity index (χ0) is 14.9. The van der Waals surface area contributed by atoms with Gasteiger partial charge in [0.1, 0.15) is 5.75 Å². The summed E-state index contributed by atoms with van der Waals surface area (Å²) >= 11 is 0. The van der Waals surface area contributed by atoms with Crippen LogP contribution in [0.25, 0.3) is 0 Å². The van der Waals surface area contributed by atoms with E-state index in [2.05, 4.69) is 0 Å². The molecule has 2 N–H and O–H groups in total. The molecule has 0 amide bonds. The van der Waals surface area contributed by atoms with Crippen LogP contribution >= 0.6 is 0 Å². The predicted octanol–water partition coefficient (Wildman–Crippen LogP) is 1.70. The SMILES string of the molecule is COc1cc(N)ccc1N(C)C1=CC(=O)C(C)=CC1=O. The molecule has 5 nitrogen and oxygen atoms in total. The van der Waals surface area contributed by atoms with Crippen molar-refractivity contribution < 1.29 is 14.3 Å². The maximum atomic E-state index is 12.0. The zero-order valence-electron chi connectivity index (χ0n) is 11.6. The van der Waals surface area contributed by atoms with E-state index in [1.165, 1.54) is 19.3 Å². The summed E-state index contributed by atoms with van der Waals surface area (Å²) in [6.07, 6.45) is 2.69. The van der Waals surface area contributed by atoms with Crippen LogP contribution < -0.4 is 15.4 Å². The Bertz CT molecular complexity index is 645. The van der Waals surface area contributed by atoms with E-state index in [9.17, 15) is 9.59 Å². The predicted molar refractivity (Wildman–Crippen MR) is 77.7 cm³/mol. The first-order valence-electron chi connectivity index (χ1n) is 6.10. The summed E-state index contributed by atoms with van der Waals surface area (Å²) < 4.78 is 5.26. The Morgan fingerprint density at radius 3 is 2.50 bits per heavy atom. The smallest absolute Gasteiger partial charge is 0.202 e. The lowest BCUT2D eigenvalue weighted by Crippen LogP contribution is -2.26. The summed E-state index contributed by atoms with van der Waals surface area (Å²) in [7, 11) is 3.23. The molecule has 104 valence electrons. The Hall–Kier alpha value is -2.56. The van der Waals surface area contributed by atoms with E-state index in [0.717, 1.165) is 0 Å². The average molecular weight is 272 g/mol. The molecule has 0 aromatic heterocycles. The highest BCUT2D eigenvalue weighted by Gasteiger charge is 2.23. The molecule has 0 spiro atoms. The van der Waals surface area contributed by atoms with E-state index in [1.807, 2.05) is 0 Å². The van der Waals surface area contributed by atoms with Crippen LogP contribution in [0, 0.1) is 0 Å². The van der Waals surface area contributed by atoms with Crippen LogP contribution in [-0.2, 0) is 9.59 Å². The van der Waals surface area contributed by atoms with Crippen LogP contribution in [0.15, 0.2) is 41.6 Å². The van der Waals surface area contributed by atoms with Crippen LogP contribution in [-0.4, -0.2) is 25.7 Å². The molecule has 0 bridgehead atoms. The number of ether oxygens (including phenoxy) is 1. The maximum Gasteiger partial charge on any atom is 0.202 e. The number of nitrogen functional groups attached to an aromatic ring is 1. The fourth-order valence-corrected chi connectivity index (χ4v) is 2.01. The number of benzene rings is 1. The van der Waals surface area contributed by atoms with Crippen molar-refractivity contribution in [1.29, 1.82) is 0 Å². The topological polar surface area (TPSA) is 72.6 Å². The van der Waals surface area contributed by atoms with Crippen LogP contribution in [0.3, 0.4) is 0 Å². The Morgan fingerprint density at radius 2 is 1.85 bits per heavy atom. The number of allylic oxidation sites excluding steroid dienone is 3. The molecule has 0 atom stereocenters.